The molecule has 1 aliphatic rings. The first-order chi connectivity index (χ1) is 13.1. The van der Waals surface area contributed by atoms with Gasteiger partial charge in [-0.25, -0.2) is 4.39 Å². The highest BCUT2D eigenvalue weighted by molar-refractivity contribution is 7.99. The summed E-state index contributed by atoms with van der Waals surface area (Å²) in [5, 5.41) is 9.00. The SMILES string of the molecule is O=C(CC1CC(=O)NC(SCc2ccc(F)cc2)N1)NCc1ccncc1. The van der Waals surface area contributed by atoms with Crippen molar-refractivity contribution in [3.8, 4) is 0 Å². The second kappa shape index (κ2) is 9.48. The van der Waals surface area contributed by atoms with Crippen molar-refractivity contribution >= 4 is 23.6 Å². The normalized spacial score (nSPS) is 19.4. The molecular weight excluding hydrogens is 367 g/mol. The lowest BCUT2D eigenvalue weighted by Crippen LogP contribution is -2.55. The number of nitrogens with zero attached hydrogens (tertiary/aromatic N) is 1. The highest BCUT2D eigenvalue weighted by atomic mass is 32.2. The molecule has 1 aliphatic heterocycles. The van der Waals surface area contributed by atoms with E-state index in [1.165, 1.54) is 23.9 Å². The van der Waals surface area contributed by atoms with Gasteiger partial charge >= 0.3 is 0 Å². The van der Waals surface area contributed by atoms with Crippen molar-refractivity contribution in [3.05, 3.63) is 65.7 Å². The van der Waals surface area contributed by atoms with Gasteiger partial charge in [0.15, 0.2) is 0 Å². The summed E-state index contributed by atoms with van der Waals surface area (Å²) in [5.74, 6) is 0.156. The standard InChI is InChI=1S/C19H21FN4O2S/c20-15-3-1-14(2-4-15)12-27-19-23-16(10-18(26)24-19)9-17(25)22-11-13-5-7-21-8-6-13/h1-8,16,19,23H,9-12H2,(H,22,25)(H,24,26). The van der Waals surface area contributed by atoms with E-state index in [2.05, 4.69) is 20.9 Å². The van der Waals surface area contributed by atoms with E-state index < -0.39 is 0 Å². The van der Waals surface area contributed by atoms with Crippen molar-refractivity contribution in [1.82, 2.24) is 20.9 Å². The van der Waals surface area contributed by atoms with Crippen molar-refractivity contribution in [2.45, 2.75) is 36.7 Å². The Labute approximate surface area is 161 Å². The fraction of sp³-hybridized carbons (Fsp3) is 0.316. The van der Waals surface area contributed by atoms with Crippen LogP contribution in [-0.2, 0) is 21.9 Å². The van der Waals surface area contributed by atoms with E-state index in [0.717, 1.165) is 11.1 Å². The zero-order valence-electron chi connectivity index (χ0n) is 14.7. The van der Waals surface area contributed by atoms with Crippen molar-refractivity contribution in [2.24, 2.45) is 0 Å². The van der Waals surface area contributed by atoms with E-state index in [0.29, 0.717) is 12.3 Å². The summed E-state index contributed by atoms with van der Waals surface area (Å²) in [4.78, 5) is 28.1. The van der Waals surface area contributed by atoms with Crippen LogP contribution in [0.3, 0.4) is 0 Å². The number of hydrogen-bond donors (Lipinski definition) is 3. The molecular formula is C19H21FN4O2S. The summed E-state index contributed by atoms with van der Waals surface area (Å²) in [6.07, 6.45) is 3.84. The lowest BCUT2D eigenvalue weighted by Gasteiger charge is -2.31. The molecule has 0 bridgehead atoms. The zero-order chi connectivity index (χ0) is 19.1. The summed E-state index contributed by atoms with van der Waals surface area (Å²) in [6.45, 7) is 0.434. The summed E-state index contributed by atoms with van der Waals surface area (Å²) in [7, 11) is 0. The van der Waals surface area contributed by atoms with Gasteiger partial charge in [0.25, 0.3) is 0 Å². The highest BCUT2D eigenvalue weighted by Crippen LogP contribution is 2.19. The topological polar surface area (TPSA) is 83.1 Å². The van der Waals surface area contributed by atoms with Crippen molar-refractivity contribution < 1.29 is 14.0 Å². The number of halogens is 1. The van der Waals surface area contributed by atoms with Crippen LogP contribution in [0.1, 0.15) is 24.0 Å². The molecule has 0 aliphatic carbocycles. The van der Waals surface area contributed by atoms with Crippen LogP contribution in [0.4, 0.5) is 4.39 Å². The Kier molecular flexibility index (Phi) is 6.78. The predicted octanol–water partition coefficient (Wildman–Crippen LogP) is 1.92. The van der Waals surface area contributed by atoms with Gasteiger partial charge in [-0.15, -0.1) is 11.8 Å². The van der Waals surface area contributed by atoms with Gasteiger partial charge in [0, 0.05) is 43.6 Å². The number of nitrogens with one attached hydrogen (secondary N) is 3. The van der Waals surface area contributed by atoms with Gasteiger partial charge in [-0.2, -0.15) is 0 Å². The third kappa shape index (κ3) is 6.33. The first-order valence-electron chi connectivity index (χ1n) is 8.65. The van der Waals surface area contributed by atoms with Gasteiger partial charge < -0.3 is 10.6 Å². The number of aromatic nitrogens is 1. The van der Waals surface area contributed by atoms with E-state index in [1.54, 1.807) is 24.5 Å². The Morgan fingerprint density at radius 1 is 1.19 bits per heavy atom. The predicted molar refractivity (Wildman–Crippen MR) is 102 cm³/mol. The lowest BCUT2D eigenvalue weighted by atomic mass is 10.1. The van der Waals surface area contributed by atoms with E-state index in [-0.39, 0.29) is 42.0 Å². The van der Waals surface area contributed by atoms with E-state index in [4.69, 9.17) is 0 Å². The zero-order valence-corrected chi connectivity index (χ0v) is 15.5. The van der Waals surface area contributed by atoms with Crippen LogP contribution in [0.15, 0.2) is 48.8 Å². The van der Waals surface area contributed by atoms with Crippen LogP contribution >= 0.6 is 11.8 Å². The number of thioether (sulfide) groups is 1. The number of benzene rings is 1. The molecule has 142 valence electrons. The fourth-order valence-corrected chi connectivity index (χ4v) is 3.78. The summed E-state index contributed by atoms with van der Waals surface area (Å²) < 4.78 is 13.0. The molecule has 0 spiro atoms. The number of amides is 2. The molecule has 2 heterocycles. The fourth-order valence-electron chi connectivity index (χ4n) is 2.72. The Morgan fingerprint density at radius 2 is 1.93 bits per heavy atom. The van der Waals surface area contributed by atoms with Crippen molar-refractivity contribution in [1.29, 1.82) is 0 Å². The minimum Gasteiger partial charge on any atom is -0.352 e. The Bertz CT molecular complexity index is 773. The number of rotatable bonds is 7. The molecule has 6 nitrogen and oxygen atoms in total. The summed E-state index contributed by atoms with van der Waals surface area (Å²) in [5.41, 5.74) is 1.66. The van der Waals surface area contributed by atoms with Crippen LogP contribution in [0.2, 0.25) is 0 Å². The molecule has 2 atom stereocenters. The molecule has 1 fully saturated rings. The highest BCUT2D eigenvalue weighted by Gasteiger charge is 2.27. The quantitative estimate of drug-likeness (QED) is 0.675. The minimum atomic E-state index is -0.283. The monoisotopic (exact) mass is 388 g/mol. The molecule has 1 aromatic heterocycles. The third-order valence-corrected chi connectivity index (χ3v) is 5.20. The first-order valence-corrected chi connectivity index (χ1v) is 9.70. The number of carbonyl (C=O) groups is 2. The van der Waals surface area contributed by atoms with E-state index in [1.807, 2.05) is 12.1 Å². The van der Waals surface area contributed by atoms with Crippen LogP contribution in [0.25, 0.3) is 0 Å². The van der Waals surface area contributed by atoms with Gasteiger partial charge in [-0.1, -0.05) is 12.1 Å². The van der Waals surface area contributed by atoms with Crippen LogP contribution < -0.4 is 16.0 Å². The van der Waals surface area contributed by atoms with Crippen LogP contribution in [-0.4, -0.2) is 28.3 Å². The van der Waals surface area contributed by atoms with Crippen LogP contribution in [0, 0.1) is 5.82 Å². The molecule has 3 rings (SSSR count). The molecule has 8 heteroatoms. The molecule has 3 N–H and O–H groups in total. The number of carbonyl (C=O) groups excluding carboxylic acids is 2. The summed E-state index contributed by atoms with van der Waals surface area (Å²) in [6, 6.07) is 9.73. The number of pyridine rings is 1. The molecule has 2 amide bonds. The van der Waals surface area contributed by atoms with E-state index in [9.17, 15) is 14.0 Å². The van der Waals surface area contributed by atoms with Gasteiger partial charge in [-0.3, -0.25) is 19.9 Å². The molecule has 0 radical (unpaired) electrons. The van der Waals surface area contributed by atoms with Crippen molar-refractivity contribution in [3.63, 3.8) is 0 Å². The maximum Gasteiger partial charge on any atom is 0.223 e. The number of hydrogen-bond acceptors (Lipinski definition) is 5. The Hall–Kier alpha value is -2.45. The maximum atomic E-state index is 13.0. The van der Waals surface area contributed by atoms with Gasteiger partial charge in [-0.05, 0) is 35.4 Å². The van der Waals surface area contributed by atoms with Crippen molar-refractivity contribution in [2.75, 3.05) is 0 Å². The maximum absolute atomic E-state index is 13.0. The van der Waals surface area contributed by atoms with Crippen LogP contribution in [0.5, 0.6) is 0 Å². The molecule has 2 aromatic rings. The second-order valence-electron chi connectivity index (χ2n) is 6.29. The summed E-state index contributed by atoms with van der Waals surface area (Å²) >= 11 is 1.50. The van der Waals surface area contributed by atoms with E-state index >= 15 is 0 Å². The minimum absolute atomic E-state index is 0.0858. The molecule has 0 saturated carbocycles. The molecule has 27 heavy (non-hydrogen) atoms. The first kappa shape index (κ1) is 19.3. The largest absolute Gasteiger partial charge is 0.352 e. The van der Waals surface area contributed by atoms with Gasteiger partial charge in [0.1, 0.15) is 11.3 Å². The Balaban J connectivity index is 1.45. The lowest BCUT2D eigenvalue weighted by molar-refractivity contribution is -0.125. The smallest absolute Gasteiger partial charge is 0.223 e. The molecule has 1 aromatic carbocycles. The third-order valence-electron chi connectivity index (χ3n) is 4.11. The van der Waals surface area contributed by atoms with Gasteiger partial charge in [0.2, 0.25) is 11.8 Å². The second-order valence-corrected chi connectivity index (χ2v) is 7.38. The molecule has 2 unspecified atom stereocenters. The molecule has 1 saturated heterocycles. The Morgan fingerprint density at radius 3 is 2.67 bits per heavy atom. The average molecular weight is 388 g/mol. The van der Waals surface area contributed by atoms with Gasteiger partial charge in [0.05, 0.1) is 0 Å². The average Bonchev–Trinajstić information content (AvgIpc) is 2.66.